The van der Waals surface area contributed by atoms with Crippen molar-refractivity contribution in [2.45, 2.75) is 82.8 Å². The molecule has 0 saturated carbocycles. The van der Waals surface area contributed by atoms with Crippen LogP contribution in [0.4, 0.5) is 11.4 Å². The predicted octanol–water partition coefficient (Wildman–Crippen LogP) is 6.11. The molecule has 3 saturated heterocycles. The number of nitrogens with one attached hydrogen (secondary N) is 2. The van der Waals surface area contributed by atoms with Gasteiger partial charge in [0.05, 0.1) is 17.8 Å². The van der Waals surface area contributed by atoms with Crippen LogP contribution in [0.2, 0.25) is 5.02 Å². The lowest BCUT2D eigenvalue weighted by Gasteiger charge is -2.43. The number of fused-ring (bicyclic) bond motifs is 1. The molecule has 4 aromatic rings. The molecule has 4 aliphatic rings. The Labute approximate surface area is 386 Å². The van der Waals surface area contributed by atoms with Crippen LogP contribution in [0.3, 0.4) is 0 Å². The average molecular weight is 923 g/mol. The molecule has 344 valence electrons. The molecule has 5 heterocycles. The number of halogens is 1. The van der Waals surface area contributed by atoms with Gasteiger partial charge in [-0.3, -0.25) is 29.4 Å². The normalized spacial score (nSPS) is 18.5. The molecule has 4 amide bonds. The van der Waals surface area contributed by atoms with Gasteiger partial charge < -0.3 is 29.3 Å². The second-order valence-corrected chi connectivity index (χ2v) is 21.6. The number of ether oxygens (including phenoxy) is 1. The minimum absolute atomic E-state index is 0.171. The van der Waals surface area contributed by atoms with Crippen molar-refractivity contribution < 1.29 is 28.5 Å². The van der Waals surface area contributed by atoms with Crippen molar-refractivity contribution in [3.63, 3.8) is 0 Å². The molecular formula is C49H60ClN8O6P. The zero-order chi connectivity index (χ0) is 45.7. The van der Waals surface area contributed by atoms with Gasteiger partial charge in [-0.1, -0.05) is 48.4 Å². The molecule has 3 aromatic carbocycles. The van der Waals surface area contributed by atoms with E-state index in [-0.39, 0.29) is 24.1 Å². The lowest BCUT2D eigenvalue weighted by Crippen LogP contribution is -2.54. The van der Waals surface area contributed by atoms with E-state index < -0.39 is 19.1 Å². The number of methoxy groups -OCH3 is 1. The van der Waals surface area contributed by atoms with Crippen LogP contribution < -0.4 is 25.6 Å². The minimum atomic E-state index is -2.48. The van der Waals surface area contributed by atoms with E-state index in [1.807, 2.05) is 47.4 Å². The summed E-state index contributed by atoms with van der Waals surface area (Å²) < 4.78 is 18.9. The first kappa shape index (κ1) is 46.2. The summed E-state index contributed by atoms with van der Waals surface area (Å²) in [6, 6.07) is 19.7. The number of amides is 4. The summed E-state index contributed by atoms with van der Waals surface area (Å²) in [5, 5.41) is 7.13. The van der Waals surface area contributed by atoms with Crippen molar-refractivity contribution in [1.29, 1.82) is 0 Å². The molecule has 4 aliphatic heterocycles. The summed E-state index contributed by atoms with van der Waals surface area (Å²) in [5.74, 6) is 0.812. The zero-order valence-electron chi connectivity index (χ0n) is 37.7. The average Bonchev–Trinajstić information content (AvgIpc) is 3.63. The van der Waals surface area contributed by atoms with Crippen molar-refractivity contribution in [3.8, 4) is 5.75 Å². The maximum Gasteiger partial charge on any atom is 0.255 e. The third kappa shape index (κ3) is 11.0. The van der Waals surface area contributed by atoms with Crippen LogP contribution in [0.5, 0.6) is 5.75 Å². The number of piperazine rings is 1. The Morgan fingerprint density at radius 2 is 1.69 bits per heavy atom. The molecule has 1 atom stereocenters. The van der Waals surface area contributed by atoms with Crippen LogP contribution in [0.1, 0.15) is 89.9 Å². The number of anilines is 2. The molecule has 0 aliphatic carbocycles. The van der Waals surface area contributed by atoms with Crippen molar-refractivity contribution in [3.05, 3.63) is 106 Å². The number of unbranched alkanes of at least 4 members (excludes halogenated alkanes) is 2. The maximum atomic E-state index is 13.1. The summed E-state index contributed by atoms with van der Waals surface area (Å²) >= 11 is 6.57. The highest BCUT2D eigenvalue weighted by Gasteiger charge is 2.39. The Hall–Kier alpha value is -5.30. The number of carbonyl (C=O) groups excluding carboxylic acids is 4. The maximum absolute atomic E-state index is 13.1. The van der Waals surface area contributed by atoms with E-state index >= 15 is 0 Å². The van der Waals surface area contributed by atoms with Crippen molar-refractivity contribution in [1.82, 2.24) is 30.0 Å². The number of aromatic nitrogens is 2. The van der Waals surface area contributed by atoms with Gasteiger partial charge in [-0.05, 0) is 80.8 Å². The zero-order valence-corrected chi connectivity index (χ0v) is 39.3. The number of piperidine rings is 2. The molecule has 16 heteroatoms. The highest BCUT2D eigenvalue weighted by molar-refractivity contribution is 7.70. The quantitative estimate of drug-likeness (QED) is 0.0759. The minimum Gasteiger partial charge on any atom is -0.496 e. The first-order chi connectivity index (χ1) is 31.3. The van der Waals surface area contributed by atoms with Gasteiger partial charge in [0, 0.05) is 124 Å². The molecule has 0 bridgehead atoms. The molecule has 65 heavy (non-hydrogen) atoms. The van der Waals surface area contributed by atoms with Crippen LogP contribution >= 0.6 is 18.7 Å². The molecule has 8 rings (SSSR count). The Morgan fingerprint density at radius 3 is 2.45 bits per heavy atom. The van der Waals surface area contributed by atoms with Crippen molar-refractivity contribution >= 4 is 59.1 Å². The molecule has 1 unspecified atom stereocenters. The molecule has 14 nitrogen and oxygen atoms in total. The predicted molar refractivity (Wildman–Crippen MR) is 254 cm³/mol. The summed E-state index contributed by atoms with van der Waals surface area (Å²) in [4.78, 5) is 68.1. The van der Waals surface area contributed by atoms with Gasteiger partial charge >= 0.3 is 0 Å². The molecule has 2 N–H and O–H groups in total. The lowest BCUT2D eigenvalue weighted by molar-refractivity contribution is -0.137. The first-order valence-electron chi connectivity index (χ1n) is 22.9. The Kier molecular flexibility index (Phi) is 14.6. The van der Waals surface area contributed by atoms with Crippen LogP contribution in [0, 0.1) is 0 Å². The second-order valence-electron chi connectivity index (χ2n) is 18.1. The highest BCUT2D eigenvalue weighted by Crippen LogP contribution is 2.37. The van der Waals surface area contributed by atoms with Crippen LogP contribution in [0.15, 0.2) is 66.9 Å². The van der Waals surface area contributed by atoms with E-state index in [0.717, 1.165) is 117 Å². The standard InChI is InChI=1S/C49H60ClN8O6P/c1-64-43-30-38(14-12-33(43)29-45-52-31-40(50)41(53-45)28-34-9-6-7-10-44(34)65(2,3)63)55-21-18-37(19-22-55)56-23-25-57(26-24-56)47(60)11-5-4-8-20-51-36-13-15-39-35(27-36)32-58(49(39)62)42-16-17-46(59)54-48(42)61/h6-7,9-10,12-15,27,30-31,37,42,51H,4-5,8,11,16-26,28-29,32H2,1-3H3,(H,54,59,61). The van der Waals surface area contributed by atoms with E-state index in [0.29, 0.717) is 60.4 Å². The molecule has 0 spiro atoms. The Morgan fingerprint density at radius 1 is 0.908 bits per heavy atom. The van der Waals surface area contributed by atoms with Gasteiger partial charge in [0.25, 0.3) is 5.91 Å². The monoisotopic (exact) mass is 922 g/mol. The topological polar surface area (TPSA) is 157 Å². The number of benzene rings is 3. The fraction of sp³-hybridized carbons (Fsp3) is 0.469. The van der Waals surface area contributed by atoms with Crippen LogP contribution in [-0.2, 0) is 38.3 Å². The number of rotatable bonds is 16. The van der Waals surface area contributed by atoms with Crippen molar-refractivity contribution in [2.24, 2.45) is 0 Å². The third-order valence-electron chi connectivity index (χ3n) is 13.3. The summed E-state index contributed by atoms with van der Waals surface area (Å²) in [7, 11) is -0.779. The van der Waals surface area contributed by atoms with Gasteiger partial charge in [-0.2, -0.15) is 0 Å². The van der Waals surface area contributed by atoms with Crippen LogP contribution in [-0.4, -0.2) is 127 Å². The summed E-state index contributed by atoms with van der Waals surface area (Å²) in [6.07, 6.45) is 8.59. The second kappa shape index (κ2) is 20.5. The van der Waals surface area contributed by atoms with Gasteiger partial charge in [0.1, 0.15) is 24.8 Å². The summed E-state index contributed by atoms with van der Waals surface area (Å²) in [5.41, 5.74) is 6.20. The number of imide groups is 1. The Bertz CT molecular complexity index is 2460. The van der Waals surface area contributed by atoms with Gasteiger partial charge in [-0.25, -0.2) is 9.97 Å². The fourth-order valence-electron chi connectivity index (χ4n) is 9.74. The van der Waals surface area contributed by atoms with E-state index in [4.69, 9.17) is 21.3 Å². The summed E-state index contributed by atoms with van der Waals surface area (Å²) in [6.45, 7) is 9.92. The van der Waals surface area contributed by atoms with Crippen molar-refractivity contribution in [2.75, 3.05) is 76.5 Å². The van der Waals surface area contributed by atoms with Gasteiger partial charge in [0.2, 0.25) is 17.7 Å². The molecule has 3 fully saturated rings. The largest absolute Gasteiger partial charge is 0.496 e. The highest BCUT2D eigenvalue weighted by atomic mass is 35.5. The van der Waals surface area contributed by atoms with E-state index in [1.165, 1.54) is 0 Å². The van der Waals surface area contributed by atoms with E-state index in [9.17, 15) is 23.7 Å². The number of hydrogen-bond donors (Lipinski definition) is 2. The molecule has 0 radical (unpaired) electrons. The Balaban J connectivity index is 0.735. The SMILES string of the molecule is COc1cc(N2CCC(N3CCN(C(=O)CCCCCNc4ccc5c(c4)CN(C4CCC(=O)NC4=O)C5=O)CC3)CC2)ccc1Cc1ncc(Cl)c(Cc2ccccc2P(C)(C)=O)n1. The molecule has 1 aromatic heterocycles. The lowest BCUT2D eigenvalue weighted by atomic mass is 10.0. The number of carbonyl (C=O) groups is 4. The van der Waals surface area contributed by atoms with E-state index in [2.05, 4.69) is 43.6 Å². The fourth-order valence-corrected chi connectivity index (χ4v) is 11.2. The number of hydrogen-bond acceptors (Lipinski definition) is 11. The van der Waals surface area contributed by atoms with Crippen LogP contribution in [0.25, 0.3) is 0 Å². The third-order valence-corrected chi connectivity index (χ3v) is 15.3. The smallest absolute Gasteiger partial charge is 0.255 e. The first-order valence-corrected chi connectivity index (χ1v) is 25.9. The van der Waals surface area contributed by atoms with Gasteiger partial charge in [0.15, 0.2) is 0 Å². The van der Waals surface area contributed by atoms with Gasteiger partial charge in [-0.15, -0.1) is 0 Å². The molecular weight excluding hydrogens is 863 g/mol. The number of nitrogens with zero attached hydrogens (tertiary/aromatic N) is 6. The van der Waals surface area contributed by atoms with E-state index in [1.54, 1.807) is 31.5 Å².